The van der Waals surface area contributed by atoms with Gasteiger partial charge in [-0.2, -0.15) is 0 Å². The highest BCUT2D eigenvalue weighted by Crippen LogP contribution is 2.18. The topological polar surface area (TPSA) is 88.2 Å². The minimum atomic E-state index is -3.57. The minimum Gasteiger partial charge on any atom is -0.353 e. The summed E-state index contributed by atoms with van der Waals surface area (Å²) in [6.45, 7) is 0.229. The second-order valence-electron chi connectivity index (χ2n) is 4.68. The first-order valence-corrected chi connectivity index (χ1v) is 8.64. The van der Waals surface area contributed by atoms with Gasteiger partial charge in [0.1, 0.15) is 4.90 Å². The van der Waals surface area contributed by atoms with E-state index in [0.29, 0.717) is 23.4 Å². The molecule has 2 rings (SSSR count). The van der Waals surface area contributed by atoms with Crippen molar-refractivity contribution in [2.24, 2.45) is 0 Å². The van der Waals surface area contributed by atoms with E-state index in [9.17, 15) is 13.2 Å². The van der Waals surface area contributed by atoms with Crippen LogP contribution < -0.4 is 10.0 Å². The van der Waals surface area contributed by atoms with Crippen LogP contribution in [0, 0.1) is 0 Å². The first-order chi connectivity index (χ1) is 9.47. The molecule has 1 amide bonds. The van der Waals surface area contributed by atoms with Crippen LogP contribution >= 0.6 is 15.9 Å². The lowest BCUT2D eigenvalue weighted by Gasteiger charge is -2.07. The second-order valence-corrected chi connectivity index (χ2v) is 7.36. The zero-order chi connectivity index (χ0) is 14.6. The number of pyridine rings is 1. The van der Waals surface area contributed by atoms with Crippen molar-refractivity contribution in [1.82, 2.24) is 15.0 Å². The maximum atomic E-state index is 11.9. The number of hydrogen-bond donors (Lipinski definition) is 2. The van der Waals surface area contributed by atoms with Crippen molar-refractivity contribution in [3.05, 3.63) is 22.9 Å². The SMILES string of the molecule is O=C(CCCNS(=O)(=O)c1cncc(Br)c1)NC1CC1. The molecule has 1 aliphatic carbocycles. The Morgan fingerprint density at radius 2 is 2.15 bits per heavy atom. The fraction of sp³-hybridized carbons (Fsp3) is 0.500. The number of nitrogens with zero attached hydrogens (tertiary/aromatic N) is 1. The molecule has 1 aromatic rings. The van der Waals surface area contributed by atoms with Gasteiger partial charge in [0.25, 0.3) is 0 Å². The number of carbonyl (C=O) groups is 1. The lowest BCUT2D eigenvalue weighted by Crippen LogP contribution is -2.28. The number of amides is 1. The van der Waals surface area contributed by atoms with Gasteiger partial charge in [-0.05, 0) is 41.3 Å². The third kappa shape index (κ3) is 4.84. The molecule has 0 atom stereocenters. The number of nitrogens with one attached hydrogen (secondary N) is 2. The summed E-state index contributed by atoms with van der Waals surface area (Å²) in [4.78, 5) is 15.4. The maximum absolute atomic E-state index is 11.9. The van der Waals surface area contributed by atoms with E-state index < -0.39 is 10.0 Å². The highest BCUT2D eigenvalue weighted by molar-refractivity contribution is 9.10. The first-order valence-electron chi connectivity index (χ1n) is 6.37. The number of rotatable bonds is 7. The van der Waals surface area contributed by atoms with Crippen molar-refractivity contribution in [2.75, 3.05) is 6.54 Å². The van der Waals surface area contributed by atoms with E-state index in [1.807, 2.05) is 0 Å². The Bertz CT molecular complexity index is 587. The molecule has 1 aromatic heterocycles. The monoisotopic (exact) mass is 361 g/mol. The van der Waals surface area contributed by atoms with Gasteiger partial charge >= 0.3 is 0 Å². The molecule has 0 saturated heterocycles. The van der Waals surface area contributed by atoms with Crippen molar-refractivity contribution in [3.63, 3.8) is 0 Å². The minimum absolute atomic E-state index is 0.0178. The van der Waals surface area contributed by atoms with Crippen LogP contribution in [0.2, 0.25) is 0 Å². The van der Waals surface area contributed by atoms with Crippen molar-refractivity contribution in [3.8, 4) is 0 Å². The molecule has 0 spiro atoms. The molecule has 20 heavy (non-hydrogen) atoms. The van der Waals surface area contributed by atoms with Gasteiger partial charge in [-0.1, -0.05) is 0 Å². The van der Waals surface area contributed by atoms with Crippen LogP contribution in [0.3, 0.4) is 0 Å². The van der Waals surface area contributed by atoms with Gasteiger partial charge in [0.15, 0.2) is 0 Å². The lowest BCUT2D eigenvalue weighted by molar-refractivity contribution is -0.121. The van der Waals surface area contributed by atoms with E-state index in [2.05, 4.69) is 31.0 Å². The molecule has 1 fully saturated rings. The molecule has 0 unspecified atom stereocenters. The van der Waals surface area contributed by atoms with Crippen molar-refractivity contribution < 1.29 is 13.2 Å². The standard InChI is InChI=1S/C12H16BrN3O3S/c13-9-6-11(8-14-7-9)20(18,19)15-5-1-2-12(17)16-10-3-4-10/h6-8,10,15H,1-5H2,(H,16,17). The molecule has 1 heterocycles. The van der Waals surface area contributed by atoms with Crippen molar-refractivity contribution >= 4 is 31.9 Å². The van der Waals surface area contributed by atoms with Gasteiger partial charge in [0.2, 0.25) is 15.9 Å². The normalized spacial score (nSPS) is 15.1. The van der Waals surface area contributed by atoms with E-state index in [-0.39, 0.29) is 17.3 Å². The molecule has 0 bridgehead atoms. The molecule has 110 valence electrons. The fourth-order valence-corrected chi connectivity index (χ4v) is 3.18. The van der Waals surface area contributed by atoms with Gasteiger partial charge < -0.3 is 5.32 Å². The molecule has 0 aliphatic heterocycles. The Morgan fingerprint density at radius 3 is 2.80 bits per heavy atom. The second kappa shape index (κ2) is 6.64. The van der Waals surface area contributed by atoms with Crippen LogP contribution in [-0.4, -0.2) is 31.9 Å². The van der Waals surface area contributed by atoms with Crippen molar-refractivity contribution in [1.29, 1.82) is 0 Å². The zero-order valence-corrected chi connectivity index (χ0v) is 13.2. The predicted molar refractivity (Wildman–Crippen MR) is 77.5 cm³/mol. The molecular formula is C12H16BrN3O3S. The summed E-state index contributed by atoms with van der Waals surface area (Å²) >= 11 is 3.18. The molecule has 6 nitrogen and oxygen atoms in total. The fourth-order valence-electron chi connectivity index (χ4n) is 1.61. The van der Waals surface area contributed by atoms with Gasteiger partial charge in [-0.3, -0.25) is 9.78 Å². The highest BCUT2D eigenvalue weighted by atomic mass is 79.9. The molecule has 8 heteroatoms. The van der Waals surface area contributed by atoms with Gasteiger partial charge in [-0.25, -0.2) is 13.1 Å². The Balaban J connectivity index is 1.76. The predicted octanol–water partition coefficient (Wildman–Crippen LogP) is 1.18. The zero-order valence-electron chi connectivity index (χ0n) is 10.8. The third-order valence-electron chi connectivity index (χ3n) is 2.81. The van der Waals surface area contributed by atoms with Crippen LogP contribution in [0.1, 0.15) is 25.7 Å². The van der Waals surface area contributed by atoms with Crippen LogP contribution in [0.25, 0.3) is 0 Å². The summed E-state index contributed by atoms with van der Waals surface area (Å²) in [6.07, 6.45) is 5.70. The summed E-state index contributed by atoms with van der Waals surface area (Å²) in [5, 5.41) is 2.86. The number of carbonyl (C=O) groups excluding carboxylic acids is 1. The number of halogens is 1. The summed E-state index contributed by atoms with van der Waals surface area (Å²) < 4.78 is 26.9. The molecule has 2 N–H and O–H groups in total. The van der Waals surface area contributed by atoms with E-state index in [0.717, 1.165) is 12.8 Å². The van der Waals surface area contributed by atoms with Crippen LogP contribution in [0.15, 0.2) is 27.8 Å². The maximum Gasteiger partial charge on any atom is 0.242 e. The molecule has 1 saturated carbocycles. The summed E-state index contributed by atoms with van der Waals surface area (Å²) in [5.74, 6) is -0.0178. The summed E-state index contributed by atoms with van der Waals surface area (Å²) in [5.41, 5.74) is 0. The van der Waals surface area contributed by atoms with Crippen molar-refractivity contribution in [2.45, 2.75) is 36.6 Å². The van der Waals surface area contributed by atoms with E-state index in [1.54, 1.807) is 0 Å². The lowest BCUT2D eigenvalue weighted by atomic mass is 10.3. The quantitative estimate of drug-likeness (QED) is 0.713. The molecule has 0 aromatic carbocycles. The molecule has 0 radical (unpaired) electrons. The largest absolute Gasteiger partial charge is 0.353 e. The van der Waals surface area contributed by atoms with Crippen LogP contribution in [0.5, 0.6) is 0 Å². The number of sulfonamides is 1. The van der Waals surface area contributed by atoms with E-state index >= 15 is 0 Å². The van der Waals surface area contributed by atoms with E-state index in [4.69, 9.17) is 0 Å². The highest BCUT2D eigenvalue weighted by Gasteiger charge is 2.22. The molecular weight excluding hydrogens is 346 g/mol. The third-order valence-corrected chi connectivity index (χ3v) is 4.67. The van der Waals surface area contributed by atoms with Gasteiger partial charge in [0.05, 0.1) is 0 Å². The molecule has 1 aliphatic rings. The van der Waals surface area contributed by atoms with Crippen LogP contribution in [0.4, 0.5) is 0 Å². The Morgan fingerprint density at radius 1 is 1.40 bits per heavy atom. The van der Waals surface area contributed by atoms with Gasteiger partial charge in [-0.15, -0.1) is 0 Å². The number of aromatic nitrogens is 1. The Labute approximate surface area is 126 Å². The Kier molecular flexibility index (Phi) is 5.11. The Hall–Kier alpha value is -0.990. The average Bonchev–Trinajstić information content (AvgIpc) is 3.19. The van der Waals surface area contributed by atoms with Gasteiger partial charge in [0, 0.05) is 35.9 Å². The average molecular weight is 362 g/mol. The first kappa shape index (κ1) is 15.4. The van der Waals surface area contributed by atoms with E-state index in [1.165, 1.54) is 18.5 Å². The summed E-state index contributed by atoms with van der Waals surface area (Å²) in [6, 6.07) is 1.82. The van der Waals surface area contributed by atoms with Crippen LogP contribution in [-0.2, 0) is 14.8 Å². The summed E-state index contributed by atoms with van der Waals surface area (Å²) in [7, 11) is -3.57. The smallest absolute Gasteiger partial charge is 0.242 e. The number of hydrogen-bond acceptors (Lipinski definition) is 4.